The quantitative estimate of drug-likeness (QED) is 0.601. The summed E-state index contributed by atoms with van der Waals surface area (Å²) in [6.07, 6.45) is 1.35. The molecule has 2 rings (SSSR count). The van der Waals surface area contributed by atoms with Crippen LogP contribution in [0.1, 0.15) is 17.4 Å². The predicted molar refractivity (Wildman–Crippen MR) is 39.1 cm³/mol. The molecule has 0 unspecified atom stereocenters. The van der Waals surface area contributed by atoms with Crippen molar-refractivity contribution < 1.29 is 9.18 Å². The topological polar surface area (TPSA) is 46.9 Å². The van der Waals surface area contributed by atoms with Gasteiger partial charge in [-0.25, -0.2) is 4.98 Å². The molecule has 0 saturated heterocycles. The Morgan fingerprint density at radius 2 is 2.58 bits per heavy atom. The largest absolute Gasteiger partial charge is 0.346 e. The highest BCUT2D eigenvalue weighted by molar-refractivity contribution is 5.93. The Morgan fingerprint density at radius 1 is 1.83 bits per heavy atom. The number of halogens is 1. The number of aromatic nitrogens is 2. The van der Waals surface area contributed by atoms with Crippen LogP contribution < -0.4 is 5.32 Å². The Morgan fingerprint density at radius 3 is 3.33 bits per heavy atom. The van der Waals surface area contributed by atoms with Gasteiger partial charge in [-0.3, -0.25) is 4.79 Å². The summed E-state index contributed by atoms with van der Waals surface area (Å²) in [5, 5.41) is 2.62. The van der Waals surface area contributed by atoms with E-state index in [0.29, 0.717) is 6.54 Å². The average molecular weight is 169 g/mol. The van der Waals surface area contributed by atoms with Crippen LogP contribution in [0.4, 0.5) is 4.39 Å². The molecule has 4 nitrogen and oxygen atoms in total. The van der Waals surface area contributed by atoms with E-state index in [0.717, 1.165) is 0 Å². The average Bonchev–Trinajstić information content (AvgIpc) is 2.31. The number of imidazole rings is 1. The van der Waals surface area contributed by atoms with Crippen LogP contribution in [-0.2, 0) is 6.54 Å². The molecule has 1 aromatic rings. The van der Waals surface area contributed by atoms with Gasteiger partial charge in [0, 0.05) is 12.6 Å². The highest BCUT2D eigenvalue weighted by atomic mass is 19.1. The number of hydrogen-bond donors (Lipinski definition) is 1. The maximum Gasteiger partial charge on any atom is 0.273 e. The van der Waals surface area contributed by atoms with Gasteiger partial charge >= 0.3 is 0 Å². The van der Waals surface area contributed by atoms with Crippen molar-refractivity contribution in [1.82, 2.24) is 14.9 Å². The standard InChI is InChI=1S/C7H8FN3O/c1-4-2-11-3-9-6(8)5(11)7(12)10-4/h3-4H,2H2,1H3,(H,10,12)/t4-/m1/s1. The van der Waals surface area contributed by atoms with Crippen molar-refractivity contribution >= 4 is 5.91 Å². The van der Waals surface area contributed by atoms with Crippen LogP contribution in [0.5, 0.6) is 0 Å². The molecule has 2 heterocycles. The summed E-state index contributed by atoms with van der Waals surface area (Å²) >= 11 is 0. The van der Waals surface area contributed by atoms with Gasteiger partial charge in [0.15, 0.2) is 5.69 Å². The number of amides is 1. The van der Waals surface area contributed by atoms with E-state index in [1.165, 1.54) is 10.9 Å². The molecule has 64 valence electrons. The molecule has 1 aliphatic heterocycles. The summed E-state index contributed by atoms with van der Waals surface area (Å²) in [5.41, 5.74) is 0.0353. The number of rotatable bonds is 0. The highest BCUT2D eigenvalue weighted by Gasteiger charge is 2.25. The first-order valence-corrected chi connectivity index (χ1v) is 3.70. The molecule has 1 atom stereocenters. The summed E-state index contributed by atoms with van der Waals surface area (Å²) in [7, 11) is 0. The Labute approximate surface area is 68.4 Å². The first-order chi connectivity index (χ1) is 5.68. The fraction of sp³-hybridized carbons (Fsp3) is 0.429. The maximum absolute atomic E-state index is 12.8. The summed E-state index contributed by atoms with van der Waals surface area (Å²) < 4.78 is 14.3. The van der Waals surface area contributed by atoms with E-state index in [1.807, 2.05) is 6.92 Å². The van der Waals surface area contributed by atoms with Gasteiger partial charge in [0.2, 0.25) is 5.95 Å². The normalized spacial score (nSPS) is 21.8. The number of hydrogen-bond acceptors (Lipinski definition) is 2. The van der Waals surface area contributed by atoms with Crippen LogP contribution >= 0.6 is 0 Å². The van der Waals surface area contributed by atoms with Crippen LogP contribution in [0.3, 0.4) is 0 Å². The number of nitrogens with one attached hydrogen (secondary N) is 1. The van der Waals surface area contributed by atoms with E-state index in [4.69, 9.17) is 0 Å². The molecule has 0 fully saturated rings. The van der Waals surface area contributed by atoms with Crippen LogP contribution in [0.25, 0.3) is 0 Å². The summed E-state index contributed by atoms with van der Waals surface area (Å²) in [5.74, 6) is -1.08. The van der Waals surface area contributed by atoms with E-state index in [-0.39, 0.29) is 17.6 Å². The molecule has 1 amide bonds. The molecular weight excluding hydrogens is 161 g/mol. The molecule has 5 heteroatoms. The van der Waals surface area contributed by atoms with E-state index in [9.17, 15) is 9.18 Å². The number of nitrogens with zero attached hydrogens (tertiary/aromatic N) is 2. The minimum Gasteiger partial charge on any atom is -0.346 e. The van der Waals surface area contributed by atoms with Crippen molar-refractivity contribution in [2.45, 2.75) is 19.5 Å². The summed E-state index contributed by atoms with van der Waals surface area (Å²) in [4.78, 5) is 14.6. The van der Waals surface area contributed by atoms with Gasteiger partial charge in [0.1, 0.15) is 0 Å². The molecule has 0 aliphatic carbocycles. The van der Waals surface area contributed by atoms with Crippen LogP contribution in [0, 0.1) is 5.95 Å². The zero-order chi connectivity index (χ0) is 8.72. The van der Waals surface area contributed by atoms with Gasteiger partial charge in [-0.05, 0) is 6.92 Å². The number of fused-ring (bicyclic) bond motifs is 1. The van der Waals surface area contributed by atoms with Crippen molar-refractivity contribution in [2.24, 2.45) is 0 Å². The fourth-order valence-corrected chi connectivity index (χ4v) is 1.35. The lowest BCUT2D eigenvalue weighted by Crippen LogP contribution is -2.42. The number of carbonyl (C=O) groups excluding carboxylic acids is 1. The second kappa shape index (κ2) is 2.30. The Hall–Kier alpha value is -1.39. The summed E-state index contributed by atoms with van der Waals surface area (Å²) in [6.45, 7) is 2.44. The van der Waals surface area contributed by atoms with E-state index in [1.54, 1.807) is 0 Å². The molecule has 1 N–H and O–H groups in total. The SMILES string of the molecule is C[C@@H]1Cn2cnc(F)c2C(=O)N1. The Kier molecular flexibility index (Phi) is 1.39. The van der Waals surface area contributed by atoms with Crippen molar-refractivity contribution in [2.75, 3.05) is 0 Å². The zero-order valence-corrected chi connectivity index (χ0v) is 6.54. The summed E-state index contributed by atoms with van der Waals surface area (Å²) in [6, 6.07) is 0.0404. The maximum atomic E-state index is 12.8. The molecule has 0 aromatic carbocycles. The van der Waals surface area contributed by atoms with E-state index < -0.39 is 5.95 Å². The lowest BCUT2D eigenvalue weighted by atomic mass is 10.2. The van der Waals surface area contributed by atoms with Gasteiger partial charge in [0.05, 0.1) is 6.33 Å². The molecule has 1 aromatic heterocycles. The predicted octanol–water partition coefficient (Wildman–Crippen LogP) is 0.154. The zero-order valence-electron chi connectivity index (χ0n) is 6.54. The van der Waals surface area contributed by atoms with Crippen LogP contribution in [-0.4, -0.2) is 21.5 Å². The van der Waals surface area contributed by atoms with Crippen molar-refractivity contribution in [1.29, 1.82) is 0 Å². The van der Waals surface area contributed by atoms with Gasteiger partial charge in [-0.1, -0.05) is 0 Å². The molecule has 1 aliphatic rings. The molecule has 0 spiro atoms. The molecular formula is C7H8FN3O. The second-order valence-corrected chi connectivity index (χ2v) is 2.91. The lowest BCUT2D eigenvalue weighted by Gasteiger charge is -2.21. The first kappa shape index (κ1) is 7.27. The molecule has 0 bridgehead atoms. The monoisotopic (exact) mass is 169 g/mol. The van der Waals surface area contributed by atoms with Gasteiger partial charge in [-0.2, -0.15) is 4.39 Å². The van der Waals surface area contributed by atoms with Gasteiger partial charge in [-0.15, -0.1) is 0 Å². The minimum atomic E-state index is -0.695. The van der Waals surface area contributed by atoms with Crippen molar-refractivity contribution in [3.8, 4) is 0 Å². The first-order valence-electron chi connectivity index (χ1n) is 3.70. The minimum absolute atomic E-state index is 0.0353. The smallest absolute Gasteiger partial charge is 0.273 e. The number of carbonyl (C=O) groups is 1. The van der Waals surface area contributed by atoms with E-state index in [2.05, 4.69) is 10.3 Å². The van der Waals surface area contributed by atoms with Crippen LogP contribution in [0.2, 0.25) is 0 Å². The third kappa shape index (κ3) is 0.895. The fourth-order valence-electron chi connectivity index (χ4n) is 1.35. The highest BCUT2D eigenvalue weighted by Crippen LogP contribution is 2.11. The van der Waals surface area contributed by atoms with Crippen LogP contribution in [0.15, 0.2) is 6.33 Å². The molecule has 0 radical (unpaired) electrons. The molecule has 0 saturated carbocycles. The second-order valence-electron chi connectivity index (χ2n) is 2.91. The Bertz CT molecular complexity index is 333. The third-order valence-electron chi connectivity index (χ3n) is 1.86. The van der Waals surface area contributed by atoms with Gasteiger partial charge in [0.25, 0.3) is 5.91 Å². The third-order valence-corrected chi connectivity index (χ3v) is 1.86. The van der Waals surface area contributed by atoms with Gasteiger partial charge < -0.3 is 9.88 Å². The van der Waals surface area contributed by atoms with E-state index >= 15 is 0 Å². The van der Waals surface area contributed by atoms with Crippen molar-refractivity contribution in [3.63, 3.8) is 0 Å². The van der Waals surface area contributed by atoms with Crippen molar-refractivity contribution in [3.05, 3.63) is 18.0 Å². The Balaban J connectivity index is 2.50. The lowest BCUT2D eigenvalue weighted by molar-refractivity contribution is 0.0901. The molecule has 12 heavy (non-hydrogen) atoms.